The highest BCUT2D eigenvalue weighted by atomic mass is 32.2. The van der Waals surface area contributed by atoms with Crippen LogP contribution < -0.4 is 11.1 Å². The van der Waals surface area contributed by atoms with Gasteiger partial charge in [0.15, 0.2) is 0 Å². The summed E-state index contributed by atoms with van der Waals surface area (Å²) in [6.45, 7) is 0. The topological polar surface area (TPSA) is 72.2 Å². The smallest absolute Gasteiger partial charge is 0.240 e. The minimum atomic E-state index is -0.492. The average Bonchev–Trinajstić information content (AvgIpc) is 2.43. The predicted molar refractivity (Wildman–Crippen MR) is 58.2 cm³/mol. The number of rotatable bonds is 2. The molecule has 1 aromatic rings. The van der Waals surface area contributed by atoms with Crippen molar-refractivity contribution in [1.82, 2.24) is 5.32 Å². The van der Waals surface area contributed by atoms with E-state index in [0.29, 0.717) is 10.6 Å². The highest BCUT2D eigenvalue weighted by Crippen LogP contribution is 2.29. The quantitative estimate of drug-likeness (QED) is 0.595. The summed E-state index contributed by atoms with van der Waals surface area (Å²) in [4.78, 5) is 22.8. The molecule has 1 atom stereocenters. The van der Waals surface area contributed by atoms with Crippen LogP contribution in [0.25, 0.3) is 0 Å². The van der Waals surface area contributed by atoms with Gasteiger partial charge >= 0.3 is 0 Å². The Morgan fingerprint density at radius 3 is 2.69 bits per heavy atom. The van der Waals surface area contributed by atoms with Crippen LogP contribution >= 0.6 is 11.8 Å². The second-order valence-electron chi connectivity index (χ2n) is 3.44. The maximum Gasteiger partial charge on any atom is 0.240 e. The van der Waals surface area contributed by atoms with Gasteiger partial charge in [0.25, 0.3) is 0 Å². The Labute approximate surface area is 95.4 Å². The van der Waals surface area contributed by atoms with Crippen LogP contribution in [0.4, 0.5) is 10.1 Å². The number of benzene rings is 1. The first-order valence-corrected chi connectivity index (χ1v) is 5.49. The molecule has 4 nitrogen and oxygen atoms in total. The molecule has 0 bridgehead atoms. The van der Waals surface area contributed by atoms with Crippen molar-refractivity contribution >= 4 is 29.3 Å². The second kappa shape index (κ2) is 4.13. The molecule has 0 radical (unpaired) electrons. The fourth-order valence-corrected chi connectivity index (χ4v) is 2.56. The van der Waals surface area contributed by atoms with Gasteiger partial charge in [0.05, 0.1) is 5.25 Å². The first-order chi connectivity index (χ1) is 7.54. The van der Waals surface area contributed by atoms with Crippen molar-refractivity contribution in [2.45, 2.75) is 16.6 Å². The third-order valence-corrected chi connectivity index (χ3v) is 3.27. The van der Waals surface area contributed by atoms with E-state index >= 15 is 0 Å². The van der Waals surface area contributed by atoms with E-state index in [4.69, 9.17) is 5.73 Å². The van der Waals surface area contributed by atoms with E-state index in [1.54, 1.807) is 6.07 Å². The number of amides is 2. The van der Waals surface area contributed by atoms with E-state index in [2.05, 4.69) is 5.32 Å². The van der Waals surface area contributed by atoms with E-state index in [1.165, 1.54) is 12.1 Å². The zero-order valence-electron chi connectivity index (χ0n) is 8.20. The van der Waals surface area contributed by atoms with Crippen LogP contribution in [-0.2, 0) is 9.59 Å². The Balaban J connectivity index is 2.15. The number of thioether (sulfide) groups is 1. The van der Waals surface area contributed by atoms with Crippen molar-refractivity contribution in [1.29, 1.82) is 0 Å². The summed E-state index contributed by atoms with van der Waals surface area (Å²) < 4.78 is 13.0. The number of anilines is 1. The first-order valence-electron chi connectivity index (χ1n) is 4.61. The molecular weight excluding hydrogens is 231 g/mol. The molecule has 0 saturated carbocycles. The van der Waals surface area contributed by atoms with Crippen molar-refractivity contribution in [2.75, 3.05) is 5.73 Å². The summed E-state index contributed by atoms with van der Waals surface area (Å²) in [6, 6.07) is 4.06. The highest BCUT2D eigenvalue weighted by molar-refractivity contribution is 8.00. The normalized spacial score (nSPS) is 19.9. The van der Waals surface area contributed by atoms with Crippen LogP contribution in [0.3, 0.4) is 0 Å². The van der Waals surface area contributed by atoms with Crippen molar-refractivity contribution in [3.63, 3.8) is 0 Å². The lowest BCUT2D eigenvalue weighted by Crippen LogP contribution is -2.22. The fourth-order valence-electron chi connectivity index (χ4n) is 1.44. The van der Waals surface area contributed by atoms with E-state index in [0.717, 1.165) is 11.8 Å². The van der Waals surface area contributed by atoms with Crippen molar-refractivity contribution < 1.29 is 14.0 Å². The van der Waals surface area contributed by atoms with Gasteiger partial charge in [-0.2, -0.15) is 0 Å². The molecule has 1 heterocycles. The van der Waals surface area contributed by atoms with E-state index < -0.39 is 11.1 Å². The molecule has 1 aromatic carbocycles. The van der Waals surface area contributed by atoms with Gasteiger partial charge < -0.3 is 5.73 Å². The minimum Gasteiger partial charge on any atom is -0.399 e. The Morgan fingerprint density at radius 2 is 2.12 bits per heavy atom. The Morgan fingerprint density at radius 1 is 1.38 bits per heavy atom. The van der Waals surface area contributed by atoms with E-state index in [-0.39, 0.29) is 18.2 Å². The van der Waals surface area contributed by atoms with Crippen LogP contribution in [0.15, 0.2) is 23.1 Å². The maximum atomic E-state index is 13.0. The molecule has 84 valence electrons. The first kappa shape index (κ1) is 10.9. The molecule has 16 heavy (non-hydrogen) atoms. The van der Waals surface area contributed by atoms with Gasteiger partial charge in [0.1, 0.15) is 5.82 Å². The summed E-state index contributed by atoms with van der Waals surface area (Å²) >= 11 is 1.14. The SMILES string of the molecule is Nc1cc(F)cc(SC2CC(=O)NC2=O)c1. The summed E-state index contributed by atoms with van der Waals surface area (Å²) in [5, 5.41) is 1.70. The second-order valence-corrected chi connectivity index (χ2v) is 4.72. The molecule has 0 spiro atoms. The molecule has 1 saturated heterocycles. The number of nitrogens with one attached hydrogen (secondary N) is 1. The monoisotopic (exact) mass is 240 g/mol. The summed E-state index contributed by atoms with van der Waals surface area (Å²) in [5.41, 5.74) is 5.77. The fraction of sp³-hybridized carbons (Fsp3) is 0.200. The standard InChI is InChI=1S/C10H9FN2O2S/c11-5-1-6(12)3-7(2-5)16-8-4-9(14)13-10(8)15/h1-3,8H,4,12H2,(H,13,14,15). The van der Waals surface area contributed by atoms with Crippen LogP contribution in [0.2, 0.25) is 0 Å². The number of nitrogen functional groups attached to an aromatic ring is 1. The number of hydrogen-bond donors (Lipinski definition) is 2. The van der Waals surface area contributed by atoms with E-state index in [1.807, 2.05) is 0 Å². The van der Waals surface area contributed by atoms with Gasteiger partial charge in [0, 0.05) is 17.0 Å². The number of nitrogens with two attached hydrogens (primary N) is 1. The predicted octanol–water partition coefficient (Wildman–Crippen LogP) is 0.915. The van der Waals surface area contributed by atoms with Crippen molar-refractivity contribution in [2.24, 2.45) is 0 Å². The molecule has 2 rings (SSSR count). The van der Waals surface area contributed by atoms with Crippen LogP contribution in [0.1, 0.15) is 6.42 Å². The van der Waals surface area contributed by atoms with Gasteiger partial charge in [0.2, 0.25) is 11.8 Å². The Kier molecular flexibility index (Phi) is 2.82. The molecule has 2 amide bonds. The zero-order chi connectivity index (χ0) is 11.7. The lowest BCUT2D eigenvalue weighted by molar-refractivity contribution is -0.124. The molecular formula is C10H9FN2O2S. The number of carbonyl (C=O) groups is 2. The molecule has 6 heteroatoms. The van der Waals surface area contributed by atoms with Crippen molar-refractivity contribution in [3.8, 4) is 0 Å². The molecule has 1 unspecified atom stereocenters. The molecule has 1 fully saturated rings. The van der Waals surface area contributed by atoms with Gasteiger partial charge in [-0.05, 0) is 18.2 Å². The maximum absolute atomic E-state index is 13.0. The third kappa shape index (κ3) is 2.33. The van der Waals surface area contributed by atoms with Gasteiger partial charge in [-0.3, -0.25) is 14.9 Å². The lowest BCUT2D eigenvalue weighted by Gasteiger charge is -2.06. The van der Waals surface area contributed by atoms with Crippen LogP contribution in [-0.4, -0.2) is 17.1 Å². The number of imide groups is 1. The lowest BCUT2D eigenvalue weighted by atomic mass is 10.3. The molecule has 1 aliphatic rings. The van der Waals surface area contributed by atoms with Gasteiger partial charge in [-0.15, -0.1) is 11.8 Å². The summed E-state index contributed by atoms with van der Waals surface area (Å²) in [6.07, 6.45) is 0.125. The largest absolute Gasteiger partial charge is 0.399 e. The third-order valence-electron chi connectivity index (χ3n) is 2.10. The average molecular weight is 240 g/mol. The zero-order valence-corrected chi connectivity index (χ0v) is 9.01. The number of halogens is 1. The van der Waals surface area contributed by atoms with Crippen molar-refractivity contribution in [3.05, 3.63) is 24.0 Å². The summed E-state index contributed by atoms with van der Waals surface area (Å²) in [7, 11) is 0. The Hall–Kier alpha value is -1.56. The number of hydrogen-bond acceptors (Lipinski definition) is 4. The van der Waals surface area contributed by atoms with E-state index in [9.17, 15) is 14.0 Å². The van der Waals surface area contributed by atoms with Gasteiger partial charge in [-0.25, -0.2) is 4.39 Å². The molecule has 0 aliphatic carbocycles. The highest BCUT2D eigenvalue weighted by Gasteiger charge is 2.31. The van der Waals surface area contributed by atoms with Crippen LogP contribution in [0.5, 0.6) is 0 Å². The molecule has 1 aliphatic heterocycles. The van der Waals surface area contributed by atoms with Gasteiger partial charge in [-0.1, -0.05) is 0 Å². The summed E-state index contributed by atoms with van der Waals surface area (Å²) in [5.74, 6) is -1.09. The molecule has 3 N–H and O–H groups in total. The number of carbonyl (C=O) groups excluding carboxylic acids is 2. The van der Waals surface area contributed by atoms with Crippen LogP contribution in [0, 0.1) is 5.82 Å². The minimum absolute atomic E-state index is 0.125. The Bertz CT molecular complexity index is 444. The molecule has 0 aromatic heterocycles.